The predicted octanol–water partition coefficient (Wildman–Crippen LogP) is 7.20. The quantitative estimate of drug-likeness (QED) is 0.0512. The van der Waals surface area contributed by atoms with Crippen molar-refractivity contribution >= 4 is 90.6 Å². The van der Waals surface area contributed by atoms with E-state index in [0.717, 1.165) is 39.3 Å². The Morgan fingerprint density at radius 2 is 1.62 bits per heavy atom. The summed E-state index contributed by atoms with van der Waals surface area (Å²) in [5.41, 5.74) is 5.44. The second-order valence-electron chi connectivity index (χ2n) is 17.6. The highest BCUT2D eigenvalue weighted by Gasteiger charge is 2.39. The number of benzene rings is 4. The standard InChI is InChI=1S/C49H49ClN6O10S2/c1-49(2)25-35(51-34-13-7-11-32(23-34)44-42(50)43(66-26-41(59)60)45(67-44)47(62)63)18-19-55(49)68(4,65)27-29-9-6-12-33(21-29)52-40(58)22-28-8-5-10-30(20-28)31-14-15-36-38(24-31)54(3)48(64)56(36)37-16-17-39(57)53-46(37)61/h5-15,20-21,23-24,35,37,51H,4,16-19,22,25-27H2,1-3H3,(H,52,58)(H,59,60)(H,62,63)(H,53,57,61)/t35-,37?,68?/m0/s1. The monoisotopic (exact) mass is 980 g/mol. The Kier molecular flexibility index (Phi) is 13.4. The number of nitrogens with one attached hydrogen (secondary N) is 3. The molecule has 0 radical (unpaired) electrons. The van der Waals surface area contributed by atoms with Gasteiger partial charge in [-0.2, -0.15) is 0 Å². The number of rotatable bonds is 15. The highest BCUT2D eigenvalue weighted by atomic mass is 35.5. The zero-order valence-corrected chi connectivity index (χ0v) is 39.8. The largest absolute Gasteiger partial charge is 0.479 e. The molecule has 68 heavy (non-hydrogen) atoms. The number of amides is 3. The van der Waals surface area contributed by atoms with Crippen molar-refractivity contribution in [2.24, 2.45) is 7.05 Å². The molecule has 8 rings (SSSR count). The average molecular weight is 982 g/mol. The molecule has 2 aliphatic heterocycles. The minimum atomic E-state index is -2.83. The van der Waals surface area contributed by atoms with Gasteiger partial charge in [0.05, 0.1) is 28.1 Å². The fraction of sp³-hybridized carbons (Fsp3) is 0.286. The number of aromatic carboxylic acids is 1. The molecule has 2 unspecified atom stereocenters. The number of halogens is 1. The zero-order chi connectivity index (χ0) is 48.7. The van der Waals surface area contributed by atoms with Gasteiger partial charge in [0.1, 0.15) is 11.1 Å². The first-order valence-electron chi connectivity index (χ1n) is 21.7. The Morgan fingerprint density at radius 1 is 0.912 bits per heavy atom. The number of hydrogen-bond acceptors (Lipinski definition) is 10. The van der Waals surface area contributed by atoms with Crippen molar-refractivity contribution in [3.63, 3.8) is 0 Å². The Bertz CT molecular complexity index is 3190. The molecule has 2 saturated heterocycles. The SMILES string of the molecule is C=S(=O)(Cc1cccc(NC(=O)Cc2cccc(-c3ccc4c(c3)n(C)c(=O)n4C3CCC(=O)NC3=O)c2)c1)N1CC[C@H](Nc2cccc(-c3sc(C(=O)O)c(OCC(=O)O)c3Cl)c2)CC1(C)C. The second-order valence-corrected chi connectivity index (χ2v) is 21.3. The summed E-state index contributed by atoms with van der Waals surface area (Å²) in [5.74, 6) is 0.562. The van der Waals surface area contributed by atoms with Crippen LogP contribution in [0.4, 0.5) is 11.4 Å². The van der Waals surface area contributed by atoms with Crippen LogP contribution >= 0.6 is 22.9 Å². The first-order valence-corrected chi connectivity index (χ1v) is 24.8. The molecule has 3 atom stereocenters. The summed E-state index contributed by atoms with van der Waals surface area (Å²) in [6.07, 6.45) is 1.75. The van der Waals surface area contributed by atoms with Crippen LogP contribution in [0.3, 0.4) is 0 Å². The van der Waals surface area contributed by atoms with Gasteiger partial charge in [-0.05, 0) is 103 Å². The first-order chi connectivity index (χ1) is 32.3. The maximum Gasteiger partial charge on any atom is 0.349 e. The third kappa shape index (κ3) is 10.1. The van der Waals surface area contributed by atoms with Gasteiger partial charge >= 0.3 is 17.6 Å². The molecular weight excluding hydrogens is 932 g/mol. The number of nitrogens with zero attached hydrogens (tertiary/aromatic N) is 3. The molecule has 354 valence electrons. The summed E-state index contributed by atoms with van der Waals surface area (Å²) in [7, 11) is -1.18. The normalized spacial score (nSPS) is 18.1. The highest BCUT2D eigenvalue weighted by molar-refractivity contribution is 7.97. The summed E-state index contributed by atoms with van der Waals surface area (Å²) in [6, 6.07) is 26.9. The zero-order valence-electron chi connectivity index (χ0n) is 37.4. The number of aliphatic carboxylic acids is 1. The molecule has 4 aromatic carbocycles. The van der Waals surface area contributed by atoms with Gasteiger partial charge in [0.15, 0.2) is 17.2 Å². The van der Waals surface area contributed by atoms with Crippen LogP contribution in [0.2, 0.25) is 5.02 Å². The van der Waals surface area contributed by atoms with E-state index in [0.29, 0.717) is 46.5 Å². The Hall–Kier alpha value is -6.73. The van der Waals surface area contributed by atoms with E-state index in [4.69, 9.17) is 21.4 Å². The van der Waals surface area contributed by atoms with Gasteiger partial charge < -0.3 is 25.6 Å². The van der Waals surface area contributed by atoms with Gasteiger partial charge in [0.2, 0.25) is 17.7 Å². The van der Waals surface area contributed by atoms with Crippen LogP contribution in [0.1, 0.15) is 66.4 Å². The number of aromatic nitrogens is 2. The first kappa shape index (κ1) is 47.8. The van der Waals surface area contributed by atoms with Crippen molar-refractivity contribution in [1.29, 1.82) is 0 Å². The minimum absolute atomic E-state index is 0.00705. The molecule has 4 heterocycles. The number of aryl methyl sites for hydroxylation is 1. The van der Waals surface area contributed by atoms with Crippen molar-refractivity contribution in [3.8, 4) is 27.3 Å². The van der Waals surface area contributed by atoms with Crippen LogP contribution in [-0.4, -0.2) is 88.1 Å². The number of anilines is 2. The van der Waals surface area contributed by atoms with Crippen LogP contribution in [-0.2, 0) is 48.1 Å². The fourth-order valence-electron chi connectivity index (χ4n) is 9.20. The average Bonchev–Trinajstić information content (AvgIpc) is 3.73. The van der Waals surface area contributed by atoms with E-state index in [9.17, 15) is 38.1 Å². The molecule has 0 spiro atoms. The van der Waals surface area contributed by atoms with E-state index in [-0.39, 0.29) is 64.2 Å². The van der Waals surface area contributed by atoms with E-state index < -0.39 is 45.7 Å². The molecule has 6 aromatic rings. The number of carboxylic acid groups (broad SMARTS) is 2. The summed E-state index contributed by atoms with van der Waals surface area (Å²) < 4.78 is 24.6. The smallest absolute Gasteiger partial charge is 0.349 e. The van der Waals surface area contributed by atoms with Gasteiger partial charge in [-0.1, -0.05) is 66.2 Å². The number of thiophene rings is 1. The number of carbonyl (C=O) groups is 5. The van der Waals surface area contributed by atoms with Crippen LogP contribution < -0.4 is 26.4 Å². The van der Waals surface area contributed by atoms with E-state index >= 15 is 0 Å². The van der Waals surface area contributed by atoms with Crippen molar-refractivity contribution < 1.29 is 43.1 Å². The number of piperidine rings is 2. The van der Waals surface area contributed by atoms with Gasteiger partial charge in [0.25, 0.3) is 0 Å². The number of imidazole rings is 1. The van der Waals surface area contributed by atoms with E-state index in [1.807, 2.05) is 90.9 Å². The molecule has 19 heteroatoms. The Labute approximate surface area is 400 Å². The number of carboxylic acids is 2. The van der Waals surface area contributed by atoms with Crippen LogP contribution in [0, 0.1) is 0 Å². The maximum atomic E-state index is 14.5. The molecule has 2 fully saturated rings. The lowest BCUT2D eigenvalue weighted by Crippen LogP contribution is -2.55. The molecule has 0 saturated carbocycles. The van der Waals surface area contributed by atoms with Crippen molar-refractivity contribution in [1.82, 2.24) is 18.8 Å². The van der Waals surface area contributed by atoms with E-state index in [2.05, 4.69) is 21.8 Å². The molecule has 0 bridgehead atoms. The second kappa shape index (κ2) is 19.1. The van der Waals surface area contributed by atoms with E-state index in [1.54, 1.807) is 25.2 Å². The van der Waals surface area contributed by atoms with E-state index in [1.165, 1.54) is 9.13 Å². The van der Waals surface area contributed by atoms with Gasteiger partial charge in [-0.25, -0.2) is 18.7 Å². The third-order valence-electron chi connectivity index (χ3n) is 12.2. The Balaban J connectivity index is 0.890. The lowest BCUT2D eigenvalue weighted by Gasteiger charge is -2.47. The molecule has 2 aliphatic rings. The number of imide groups is 1. The molecule has 0 aliphatic carbocycles. The number of ether oxygens (including phenoxy) is 1. The molecule has 2 aromatic heterocycles. The Morgan fingerprint density at radius 3 is 2.35 bits per heavy atom. The van der Waals surface area contributed by atoms with Crippen molar-refractivity contribution in [3.05, 3.63) is 123 Å². The molecular formula is C49H49ClN6O10S2. The lowest BCUT2D eigenvalue weighted by molar-refractivity contribution is -0.139. The summed E-state index contributed by atoms with van der Waals surface area (Å²) in [6.45, 7) is 3.82. The van der Waals surface area contributed by atoms with Crippen LogP contribution in [0.5, 0.6) is 5.75 Å². The summed E-state index contributed by atoms with van der Waals surface area (Å²) >= 11 is 7.45. The number of fused-ring (bicyclic) bond motifs is 1. The van der Waals surface area contributed by atoms with Gasteiger partial charge in [-0.3, -0.25) is 33.0 Å². The summed E-state index contributed by atoms with van der Waals surface area (Å²) in [4.78, 5) is 74.4. The molecule has 16 nitrogen and oxygen atoms in total. The predicted molar refractivity (Wildman–Crippen MR) is 264 cm³/mol. The van der Waals surface area contributed by atoms with Crippen molar-refractivity contribution in [2.45, 2.75) is 69.3 Å². The van der Waals surface area contributed by atoms with Gasteiger partial charge in [0, 0.05) is 52.7 Å². The van der Waals surface area contributed by atoms with Gasteiger partial charge in [-0.15, -0.1) is 11.3 Å². The van der Waals surface area contributed by atoms with Crippen LogP contribution in [0.25, 0.3) is 32.6 Å². The maximum absolute atomic E-state index is 14.5. The molecule has 3 amide bonds. The summed E-state index contributed by atoms with van der Waals surface area (Å²) in [5, 5.41) is 27.7. The lowest BCUT2D eigenvalue weighted by atomic mass is 9.89. The molecule has 5 N–H and O–H groups in total. The fourth-order valence-corrected chi connectivity index (χ4v) is 12.9. The minimum Gasteiger partial charge on any atom is -0.479 e. The topological polar surface area (TPSA) is 218 Å². The third-order valence-corrected chi connectivity index (χ3v) is 16.1. The van der Waals surface area contributed by atoms with Crippen molar-refractivity contribution in [2.75, 3.05) is 23.8 Å². The number of hydrogen-bond donors (Lipinski definition) is 5. The highest BCUT2D eigenvalue weighted by Crippen LogP contribution is 2.46. The number of carbonyl (C=O) groups excluding carboxylic acids is 3. The van der Waals surface area contributed by atoms with Crippen LogP contribution in [0.15, 0.2) is 95.8 Å².